The van der Waals surface area contributed by atoms with Crippen LogP contribution in [0.25, 0.3) is 0 Å². The summed E-state index contributed by atoms with van der Waals surface area (Å²) in [6.45, 7) is 2.26. The molecule has 0 radical (unpaired) electrons. The fourth-order valence-electron chi connectivity index (χ4n) is 3.79. The van der Waals surface area contributed by atoms with E-state index in [2.05, 4.69) is 35.9 Å². The molecular weight excluding hydrogens is 364 g/mol. The maximum atomic E-state index is 13.3. The second kappa shape index (κ2) is 9.33. The summed E-state index contributed by atoms with van der Waals surface area (Å²) in [4.78, 5) is 3.31. The van der Waals surface area contributed by atoms with Gasteiger partial charge in [0.25, 0.3) is 0 Å². The largest absolute Gasteiger partial charge is 0.250 e. The first kappa shape index (κ1) is 19.8. The molecule has 1 nitrogen and oxygen atoms in total. The fraction of sp³-hybridized carbons (Fsp3) is 0.435. The molecule has 3 rings (SSSR count). The molecule has 0 bridgehead atoms. The van der Waals surface area contributed by atoms with Crippen LogP contribution >= 0.6 is 11.6 Å². The molecule has 0 saturated heterocycles. The predicted molar refractivity (Wildman–Crippen MR) is 106 cm³/mol. The minimum absolute atomic E-state index is 0.127. The normalized spacial score (nSPS) is 19.4. The third-order valence-corrected chi connectivity index (χ3v) is 5.71. The van der Waals surface area contributed by atoms with Crippen LogP contribution in [0, 0.1) is 29.5 Å². The van der Waals surface area contributed by atoms with Crippen molar-refractivity contribution in [3.05, 3.63) is 63.9 Å². The van der Waals surface area contributed by atoms with Crippen LogP contribution in [0.3, 0.4) is 0 Å². The molecule has 1 aromatic heterocycles. The summed E-state index contributed by atoms with van der Waals surface area (Å²) in [6.07, 6.45) is 9.18. The highest BCUT2D eigenvalue weighted by Gasteiger charge is 2.21. The summed E-state index contributed by atoms with van der Waals surface area (Å²) in [5, 5.41) is -0.127. The van der Waals surface area contributed by atoms with Gasteiger partial charge in [0.05, 0.1) is 5.56 Å². The Morgan fingerprint density at radius 3 is 2.44 bits per heavy atom. The monoisotopic (exact) mass is 387 g/mol. The highest BCUT2D eigenvalue weighted by Crippen LogP contribution is 2.37. The molecule has 1 saturated carbocycles. The van der Waals surface area contributed by atoms with Crippen LogP contribution < -0.4 is 0 Å². The van der Waals surface area contributed by atoms with Crippen molar-refractivity contribution in [1.29, 1.82) is 0 Å². The first-order valence-corrected chi connectivity index (χ1v) is 10.1. The van der Waals surface area contributed by atoms with E-state index in [1.165, 1.54) is 50.5 Å². The molecule has 142 valence electrons. The van der Waals surface area contributed by atoms with Crippen LogP contribution in [0.4, 0.5) is 8.78 Å². The van der Waals surface area contributed by atoms with E-state index in [9.17, 15) is 8.78 Å². The molecular formula is C23H24ClF2N. The van der Waals surface area contributed by atoms with Crippen LogP contribution in [-0.2, 0) is 0 Å². The van der Waals surface area contributed by atoms with Gasteiger partial charge >= 0.3 is 0 Å². The van der Waals surface area contributed by atoms with Gasteiger partial charge in [-0.25, -0.2) is 9.37 Å². The highest BCUT2D eigenvalue weighted by atomic mass is 35.5. The summed E-state index contributed by atoms with van der Waals surface area (Å²) < 4.78 is 26.3. The van der Waals surface area contributed by atoms with Crippen molar-refractivity contribution >= 4 is 11.6 Å². The van der Waals surface area contributed by atoms with Gasteiger partial charge in [-0.1, -0.05) is 61.8 Å². The fourth-order valence-corrected chi connectivity index (χ4v) is 3.96. The van der Waals surface area contributed by atoms with Gasteiger partial charge in [0.15, 0.2) is 5.82 Å². The minimum Gasteiger partial charge on any atom is -0.204 e. The van der Waals surface area contributed by atoms with Gasteiger partial charge in [0.1, 0.15) is 5.15 Å². The lowest BCUT2D eigenvalue weighted by molar-refractivity contribution is 0.304. The number of hydrogen-bond acceptors (Lipinski definition) is 1. The van der Waals surface area contributed by atoms with Gasteiger partial charge in [-0.05, 0) is 61.3 Å². The molecule has 27 heavy (non-hydrogen) atoms. The zero-order chi connectivity index (χ0) is 19.2. The van der Waals surface area contributed by atoms with E-state index in [0.717, 1.165) is 17.5 Å². The SMILES string of the molecule is CCCCC1CCC(c2ccc(C#Cc3cc(F)c(F)nc3Cl)cc2)CC1. The summed E-state index contributed by atoms with van der Waals surface area (Å²) in [5.41, 5.74) is 2.36. The first-order chi connectivity index (χ1) is 13.1. The van der Waals surface area contributed by atoms with Crippen molar-refractivity contribution in [3.63, 3.8) is 0 Å². The average Bonchev–Trinajstić information content (AvgIpc) is 2.69. The Balaban J connectivity index is 1.63. The second-order valence-electron chi connectivity index (χ2n) is 7.33. The van der Waals surface area contributed by atoms with Crippen LogP contribution in [0.2, 0.25) is 5.15 Å². The van der Waals surface area contributed by atoms with E-state index in [1.54, 1.807) is 0 Å². The number of rotatable bonds is 4. The average molecular weight is 388 g/mol. The van der Waals surface area contributed by atoms with E-state index < -0.39 is 11.8 Å². The predicted octanol–water partition coefficient (Wildman–Crippen LogP) is 6.88. The van der Waals surface area contributed by atoms with E-state index in [-0.39, 0.29) is 10.7 Å². The second-order valence-corrected chi connectivity index (χ2v) is 7.69. The van der Waals surface area contributed by atoms with Crippen LogP contribution in [-0.4, -0.2) is 4.98 Å². The van der Waals surface area contributed by atoms with Crippen molar-refractivity contribution in [2.24, 2.45) is 5.92 Å². The Bertz CT molecular complexity index is 828. The Morgan fingerprint density at radius 2 is 1.78 bits per heavy atom. The van der Waals surface area contributed by atoms with Gasteiger partial charge in [0, 0.05) is 5.56 Å². The van der Waals surface area contributed by atoms with Crippen molar-refractivity contribution in [2.75, 3.05) is 0 Å². The number of hydrogen-bond donors (Lipinski definition) is 0. The van der Waals surface area contributed by atoms with E-state index >= 15 is 0 Å². The molecule has 4 heteroatoms. The molecule has 0 amide bonds. The van der Waals surface area contributed by atoms with Gasteiger partial charge in [-0.15, -0.1) is 0 Å². The van der Waals surface area contributed by atoms with Gasteiger partial charge in [0.2, 0.25) is 5.95 Å². The molecule has 1 fully saturated rings. The lowest BCUT2D eigenvalue weighted by atomic mass is 9.77. The van der Waals surface area contributed by atoms with Gasteiger partial charge in [-0.3, -0.25) is 0 Å². The van der Waals surface area contributed by atoms with Gasteiger partial charge in [-0.2, -0.15) is 4.39 Å². The molecule has 0 spiro atoms. The number of pyridine rings is 1. The zero-order valence-corrected chi connectivity index (χ0v) is 16.3. The van der Waals surface area contributed by atoms with Crippen molar-refractivity contribution in [1.82, 2.24) is 4.98 Å². The zero-order valence-electron chi connectivity index (χ0n) is 15.6. The number of aromatic nitrogens is 1. The molecule has 1 heterocycles. The Morgan fingerprint density at radius 1 is 1.07 bits per heavy atom. The molecule has 1 aliphatic carbocycles. The summed E-state index contributed by atoms with van der Waals surface area (Å²) >= 11 is 5.82. The highest BCUT2D eigenvalue weighted by molar-refractivity contribution is 6.30. The van der Waals surface area contributed by atoms with Crippen LogP contribution in [0.5, 0.6) is 0 Å². The standard InChI is InChI=1S/C23H24ClF2N/c1-2-3-4-16-5-10-18(11-6-16)19-12-7-17(8-13-19)9-14-20-15-21(25)23(26)27-22(20)24/h7-8,12-13,15-16,18H,2-6,10-11H2,1H3. The molecule has 0 unspecified atom stereocenters. The molecule has 1 aromatic carbocycles. The van der Waals surface area contributed by atoms with Gasteiger partial charge < -0.3 is 0 Å². The van der Waals surface area contributed by atoms with E-state index in [4.69, 9.17) is 11.6 Å². The molecule has 1 aliphatic rings. The summed E-state index contributed by atoms with van der Waals surface area (Å²) in [7, 11) is 0. The molecule has 0 atom stereocenters. The van der Waals surface area contributed by atoms with Crippen molar-refractivity contribution in [2.45, 2.75) is 57.8 Å². The molecule has 0 aliphatic heterocycles. The third kappa shape index (κ3) is 5.30. The van der Waals surface area contributed by atoms with Crippen LogP contribution in [0.1, 0.15) is 74.5 Å². The van der Waals surface area contributed by atoms with Crippen molar-refractivity contribution < 1.29 is 8.78 Å². The number of benzene rings is 1. The number of nitrogens with zero attached hydrogens (tertiary/aromatic N) is 1. The maximum Gasteiger partial charge on any atom is 0.250 e. The Kier molecular flexibility index (Phi) is 6.85. The lowest BCUT2D eigenvalue weighted by Crippen LogP contribution is -2.13. The third-order valence-electron chi connectivity index (χ3n) is 5.42. The number of unbranched alkanes of at least 4 members (excludes halogenated alkanes) is 1. The lowest BCUT2D eigenvalue weighted by Gasteiger charge is -2.28. The van der Waals surface area contributed by atoms with Crippen LogP contribution in [0.15, 0.2) is 30.3 Å². The quantitative estimate of drug-likeness (QED) is 0.411. The summed E-state index contributed by atoms with van der Waals surface area (Å²) in [5.74, 6) is 5.00. The van der Waals surface area contributed by atoms with Crippen molar-refractivity contribution in [3.8, 4) is 11.8 Å². The summed E-state index contributed by atoms with van der Waals surface area (Å²) in [6, 6.07) is 9.20. The van der Waals surface area contributed by atoms with E-state index in [0.29, 0.717) is 5.92 Å². The van der Waals surface area contributed by atoms with E-state index in [1.807, 2.05) is 12.1 Å². The Labute approximate surface area is 165 Å². The maximum absolute atomic E-state index is 13.3. The smallest absolute Gasteiger partial charge is 0.204 e. The molecule has 2 aromatic rings. The number of halogens is 3. The topological polar surface area (TPSA) is 12.9 Å². The first-order valence-electron chi connectivity index (χ1n) is 9.70. The molecule has 0 N–H and O–H groups in total. The Hall–Kier alpha value is -1.92. The minimum atomic E-state index is -1.21.